The van der Waals surface area contributed by atoms with Crippen LogP contribution in [0.1, 0.15) is 73.7 Å². The molecule has 0 saturated carbocycles. The number of aryl methyl sites for hydroxylation is 1. The molecule has 4 saturated heterocycles. The van der Waals surface area contributed by atoms with Crippen molar-refractivity contribution in [3.8, 4) is 11.8 Å². The van der Waals surface area contributed by atoms with Gasteiger partial charge in [-0.05, 0) is 116 Å². The minimum Gasteiger partial charge on any atom is -0.494 e. The van der Waals surface area contributed by atoms with Gasteiger partial charge in [0.25, 0.3) is 11.8 Å². The first-order valence-electron chi connectivity index (χ1n) is 31.7. The van der Waals surface area contributed by atoms with E-state index in [9.17, 15) is 77.3 Å². The lowest BCUT2D eigenvalue weighted by Crippen LogP contribution is -2.52. The van der Waals surface area contributed by atoms with E-state index in [4.69, 9.17) is 4.74 Å². The number of halogens is 3. The Balaban J connectivity index is 0.866. The molecule has 4 aliphatic heterocycles. The van der Waals surface area contributed by atoms with Crippen molar-refractivity contribution >= 4 is 105 Å². The number of aromatic nitrogens is 1. The number of aliphatic carboxylic acids is 3. The largest absolute Gasteiger partial charge is 0.494 e. The summed E-state index contributed by atoms with van der Waals surface area (Å²) in [6.45, 7) is 2.15. The molecule has 3 atom stereocenters. The van der Waals surface area contributed by atoms with Gasteiger partial charge >= 0.3 is 17.9 Å². The number of thioether (sulfide) groups is 1. The van der Waals surface area contributed by atoms with E-state index in [-0.39, 0.29) is 114 Å². The van der Waals surface area contributed by atoms with Gasteiger partial charge in [0.05, 0.1) is 68.3 Å². The summed E-state index contributed by atoms with van der Waals surface area (Å²) >= 11 is 3.46. The Labute approximate surface area is 562 Å². The molecule has 31 heteroatoms. The number of rotatable bonds is 32. The number of likely N-dealkylation sites (tertiary alicyclic amines) is 2. The van der Waals surface area contributed by atoms with E-state index in [2.05, 4.69) is 48.4 Å². The normalized spacial score (nSPS) is 19.2. The van der Waals surface area contributed by atoms with E-state index >= 15 is 0 Å². The third-order valence-electron chi connectivity index (χ3n) is 16.8. The first-order valence-corrected chi connectivity index (χ1v) is 33.8. The number of carboxylic acids is 3. The SMILES string of the molecule is N#C[C@H]1CC(F)(F)CN1C(=O)CNC(=O)c1ccnc2ccc(OCCCCN3CCN(C(=O)CN4C(=O)CC(SC[C@H](CCCCNC(=O)CCCc5ccc(I)cc5)NC(=O)CN5CCN(CC(=O)O)CCN(CC(=O)O)CCN(CC(=O)O)CC5)C4=O)CC3)cc12. The van der Waals surface area contributed by atoms with E-state index in [1.165, 1.54) is 24.0 Å². The van der Waals surface area contributed by atoms with Gasteiger partial charge in [-0.15, -0.1) is 11.8 Å². The second kappa shape index (κ2) is 37.2. The predicted octanol–water partition coefficient (Wildman–Crippen LogP) is 1.76. The number of fused-ring (bicyclic) bond motifs is 1. The van der Waals surface area contributed by atoms with Gasteiger partial charge in [-0.25, -0.2) is 8.78 Å². The second-order valence-corrected chi connectivity index (χ2v) is 26.4. The highest BCUT2D eigenvalue weighted by molar-refractivity contribution is 14.1. The van der Waals surface area contributed by atoms with Crippen molar-refractivity contribution in [3.63, 3.8) is 0 Å². The number of alkyl halides is 2. The third-order valence-corrected chi connectivity index (χ3v) is 18.9. The number of hydrogen-bond donors (Lipinski definition) is 6. The summed E-state index contributed by atoms with van der Waals surface area (Å²) in [5.41, 5.74) is 1.83. The Morgan fingerprint density at radius 3 is 1.96 bits per heavy atom. The number of amides is 7. The number of piperazine rings is 1. The second-order valence-electron chi connectivity index (χ2n) is 23.9. The van der Waals surface area contributed by atoms with Crippen molar-refractivity contribution in [1.29, 1.82) is 5.26 Å². The summed E-state index contributed by atoms with van der Waals surface area (Å²) < 4.78 is 35.0. The molecule has 4 fully saturated rings. The molecule has 2 aromatic carbocycles. The van der Waals surface area contributed by atoms with Gasteiger partial charge < -0.3 is 45.8 Å². The fraction of sp³-hybridized carbons (Fsp3) is 0.587. The van der Waals surface area contributed by atoms with Gasteiger partial charge in [0.15, 0.2) is 0 Å². The van der Waals surface area contributed by atoms with Gasteiger partial charge in [0, 0.05) is 131 Å². The summed E-state index contributed by atoms with van der Waals surface area (Å²) in [6, 6.07) is 14.6. The van der Waals surface area contributed by atoms with Crippen molar-refractivity contribution in [3.05, 3.63) is 69.4 Å². The molecule has 7 amide bonds. The standard InChI is InChI=1S/C63H84F2IN13O14S/c64-63(65)34-47(35-67)79(43-63)56(83)36-70-61(91)49-15-17-68-51-14-13-48(32-50(49)51)93-31-4-3-18-72-27-29-77(30-28-72)57(84)38-78-55(82)33-52(62(78)92)94-42-46(7-1-2-16-69-53(80)8-5-6-44-9-11-45(66)12-10-44)71-54(81)37-73-19-21-74(39-58(85)86)23-25-76(41-60(89)90)26-24-75(22-20-73)40-59(87)88/h9-15,17,32,46-47,52H,1-8,16,18-31,33-34,36-43H2,(H,69,80)(H,70,91)(H,71,81)(H,85,86)(H,87,88)(H,89,90)/t46-,47+,52?/m0/s1. The molecule has 6 N–H and O–H groups in total. The lowest BCUT2D eigenvalue weighted by atomic mass is 10.1. The van der Waals surface area contributed by atoms with Crippen LogP contribution >= 0.6 is 34.4 Å². The van der Waals surface area contributed by atoms with Crippen LogP contribution in [-0.2, 0) is 49.6 Å². The van der Waals surface area contributed by atoms with Crippen molar-refractivity contribution in [1.82, 2.24) is 60.1 Å². The molecule has 5 heterocycles. The number of ether oxygens (including phenoxy) is 1. The fourth-order valence-electron chi connectivity index (χ4n) is 11.6. The highest BCUT2D eigenvalue weighted by Crippen LogP contribution is 2.32. The number of nitrogens with one attached hydrogen (secondary N) is 3. The van der Waals surface area contributed by atoms with Gasteiger partial charge in [-0.3, -0.25) is 82.3 Å². The van der Waals surface area contributed by atoms with Crippen LogP contribution in [0, 0.1) is 14.9 Å². The zero-order valence-corrected chi connectivity index (χ0v) is 55.6. The number of nitriles is 1. The van der Waals surface area contributed by atoms with E-state index < -0.39 is 90.8 Å². The number of carbonyl (C=O) groups is 10. The molecule has 3 aromatic rings. The number of hydrogen-bond acceptors (Lipinski definition) is 19. The molecule has 27 nitrogen and oxygen atoms in total. The Hall–Kier alpha value is -7.22. The average molecular weight is 1440 g/mol. The lowest BCUT2D eigenvalue weighted by molar-refractivity contribution is -0.146. The molecule has 0 bridgehead atoms. The van der Waals surface area contributed by atoms with Gasteiger partial charge in [0.1, 0.15) is 18.3 Å². The molecular weight excluding hydrogens is 1360 g/mol. The first kappa shape index (κ1) is 74.2. The first-order chi connectivity index (χ1) is 45.0. The number of benzene rings is 2. The maximum Gasteiger partial charge on any atom is 0.317 e. The minimum absolute atomic E-state index is 0.0698. The maximum atomic E-state index is 14.1. The number of carbonyl (C=O) groups excluding carboxylic acids is 7. The summed E-state index contributed by atoms with van der Waals surface area (Å²) in [4.78, 5) is 146. The molecule has 1 unspecified atom stereocenters. The quantitative estimate of drug-likeness (QED) is 0.0295. The molecule has 4 aliphatic rings. The van der Waals surface area contributed by atoms with Crippen molar-refractivity contribution in [2.75, 3.05) is 150 Å². The minimum atomic E-state index is -3.19. The van der Waals surface area contributed by atoms with Crippen molar-refractivity contribution in [2.45, 2.75) is 87.5 Å². The summed E-state index contributed by atoms with van der Waals surface area (Å²) in [5.74, 6) is -8.91. The zero-order chi connectivity index (χ0) is 67.7. The van der Waals surface area contributed by atoms with E-state index in [1.54, 1.807) is 43.9 Å². The molecule has 0 aliphatic carbocycles. The molecule has 94 heavy (non-hydrogen) atoms. The Bertz CT molecular complexity index is 3150. The van der Waals surface area contributed by atoms with E-state index in [0.29, 0.717) is 101 Å². The molecule has 0 radical (unpaired) electrons. The molecule has 512 valence electrons. The maximum absolute atomic E-state index is 14.1. The molecule has 7 rings (SSSR count). The monoisotopic (exact) mass is 1440 g/mol. The van der Waals surface area contributed by atoms with Crippen LogP contribution in [0.3, 0.4) is 0 Å². The average Bonchev–Trinajstić information content (AvgIpc) is 1.34. The number of carboxylic acid groups (broad SMARTS) is 3. The number of imide groups is 1. The van der Waals surface area contributed by atoms with Gasteiger partial charge in [0.2, 0.25) is 35.4 Å². The van der Waals surface area contributed by atoms with Crippen molar-refractivity contribution in [2.24, 2.45) is 0 Å². The van der Waals surface area contributed by atoms with Crippen LogP contribution in [0.4, 0.5) is 8.78 Å². The predicted molar refractivity (Wildman–Crippen MR) is 350 cm³/mol. The summed E-state index contributed by atoms with van der Waals surface area (Å²) in [7, 11) is 0. The van der Waals surface area contributed by atoms with Crippen LogP contribution in [0.5, 0.6) is 5.75 Å². The van der Waals surface area contributed by atoms with E-state index in [0.717, 1.165) is 31.8 Å². The van der Waals surface area contributed by atoms with Crippen molar-refractivity contribution < 1.29 is 76.8 Å². The van der Waals surface area contributed by atoms with Gasteiger partial charge in [-0.1, -0.05) is 12.1 Å². The van der Waals surface area contributed by atoms with Crippen LogP contribution in [0.25, 0.3) is 10.9 Å². The van der Waals surface area contributed by atoms with E-state index in [1.807, 2.05) is 29.2 Å². The number of unbranched alkanes of at least 4 members (excludes halogenated alkanes) is 2. The lowest BCUT2D eigenvalue weighted by Gasteiger charge is -2.35. The van der Waals surface area contributed by atoms with Crippen LogP contribution in [0.2, 0.25) is 0 Å². The highest BCUT2D eigenvalue weighted by atomic mass is 127. The summed E-state index contributed by atoms with van der Waals surface area (Å²) in [6.07, 6.45) is 5.42. The van der Waals surface area contributed by atoms with Crippen LogP contribution in [0.15, 0.2) is 54.7 Å². The van der Waals surface area contributed by atoms with Crippen LogP contribution < -0.4 is 20.7 Å². The topological polar surface area (TPSA) is 339 Å². The highest BCUT2D eigenvalue weighted by Gasteiger charge is 2.47. The molecule has 0 spiro atoms. The smallest absolute Gasteiger partial charge is 0.317 e. The Morgan fingerprint density at radius 1 is 0.723 bits per heavy atom. The third kappa shape index (κ3) is 24.5. The van der Waals surface area contributed by atoms with Gasteiger partial charge in [-0.2, -0.15) is 5.26 Å². The fourth-order valence-corrected chi connectivity index (χ4v) is 13.2. The summed E-state index contributed by atoms with van der Waals surface area (Å²) in [5, 5.41) is 46.4. The number of pyridine rings is 1. The number of nitrogens with zero attached hydrogens (tertiary/aromatic N) is 10. The molecular formula is C63H84F2IN13O14S. The van der Waals surface area contributed by atoms with Crippen LogP contribution in [-0.4, -0.2) is 292 Å². The Kier molecular flexibility index (Phi) is 29.3. The molecule has 1 aromatic heterocycles. The Morgan fingerprint density at radius 2 is 1.34 bits per heavy atom. The zero-order valence-electron chi connectivity index (χ0n) is 52.6.